The molecule has 2 aromatic carbocycles. The molecular weight excluding hydrogens is 286 g/mol. The molecule has 0 aliphatic heterocycles. The lowest BCUT2D eigenvalue weighted by Crippen LogP contribution is -1.98. The number of anilines is 1. The van der Waals surface area contributed by atoms with Crippen molar-refractivity contribution in [3.63, 3.8) is 0 Å². The third-order valence-electron chi connectivity index (χ3n) is 2.25. The Morgan fingerprint density at radius 2 is 1.81 bits per heavy atom. The molecule has 1 N–H and O–H groups in total. The summed E-state index contributed by atoms with van der Waals surface area (Å²) in [6.45, 7) is 0.791. The summed E-state index contributed by atoms with van der Waals surface area (Å²) in [6.07, 6.45) is 0. The Bertz CT molecular complexity index is 471. The van der Waals surface area contributed by atoms with Crippen LogP contribution in [0.25, 0.3) is 0 Å². The molecule has 1 nitrogen and oxygen atoms in total. The molecule has 0 aliphatic carbocycles. The SMILES string of the molecule is Clc1ccc(CNc2ccccc2)cc1Br. The van der Waals surface area contributed by atoms with Crippen LogP contribution in [0.3, 0.4) is 0 Å². The van der Waals surface area contributed by atoms with Gasteiger partial charge in [0.2, 0.25) is 0 Å². The average Bonchev–Trinajstić information content (AvgIpc) is 2.32. The smallest absolute Gasteiger partial charge is 0.0548 e. The van der Waals surface area contributed by atoms with Crippen molar-refractivity contribution in [3.8, 4) is 0 Å². The van der Waals surface area contributed by atoms with Gasteiger partial charge in [-0.05, 0) is 45.8 Å². The molecular formula is C13H11BrClN. The van der Waals surface area contributed by atoms with E-state index in [-0.39, 0.29) is 0 Å². The maximum absolute atomic E-state index is 5.93. The van der Waals surface area contributed by atoms with E-state index in [1.54, 1.807) is 0 Å². The first kappa shape index (κ1) is 11.5. The molecule has 0 unspecified atom stereocenters. The monoisotopic (exact) mass is 295 g/mol. The highest BCUT2D eigenvalue weighted by Gasteiger charge is 1.98. The van der Waals surface area contributed by atoms with Crippen LogP contribution in [0.2, 0.25) is 5.02 Å². The number of benzene rings is 2. The van der Waals surface area contributed by atoms with E-state index in [4.69, 9.17) is 11.6 Å². The molecule has 2 rings (SSSR count). The van der Waals surface area contributed by atoms with Crippen molar-refractivity contribution in [3.05, 3.63) is 63.6 Å². The predicted octanol–water partition coefficient (Wildman–Crippen LogP) is 4.71. The largest absolute Gasteiger partial charge is 0.381 e. The lowest BCUT2D eigenvalue weighted by molar-refractivity contribution is 1.15. The van der Waals surface area contributed by atoms with Gasteiger partial charge in [0, 0.05) is 16.7 Å². The fourth-order valence-corrected chi connectivity index (χ4v) is 1.95. The number of nitrogens with one attached hydrogen (secondary N) is 1. The predicted molar refractivity (Wildman–Crippen MR) is 72.9 cm³/mol. The lowest BCUT2D eigenvalue weighted by atomic mass is 10.2. The van der Waals surface area contributed by atoms with Gasteiger partial charge in [-0.15, -0.1) is 0 Å². The van der Waals surface area contributed by atoms with Crippen LogP contribution in [0.15, 0.2) is 53.0 Å². The highest BCUT2D eigenvalue weighted by molar-refractivity contribution is 9.10. The number of rotatable bonds is 3. The molecule has 0 bridgehead atoms. The molecule has 0 fully saturated rings. The van der Waals surface area contributed by atoms with Crippen molar-refractivity contribution < 1.29 is 0 Å². The second-order valence-corrected chi connectivity index (χ2v) is 4.73. The molecule has 16 heavy (non-hydrogen) atoms. The Hall–Kier alpha value is -0.990. The summed E-state index contributed by atoms with van der Waals surface area (Å²) >= 11 is 9.34. The molecule has 2 aromatic rings. The molecule has 0 atom stereocenters. The minimum Gasteiger partial charge on any atom is -0.381 e. The zero-order valence-electron chi connectivity index (χ0n) is 8.58. The molecule has 82 valence electrons. The molecule has 0 saturated heterocycles. The van der Waals surface area contributed by atoms with E-state index in [9.17, 15) is 0 Å². The summed E-state index contributed by atoms with van der Waals surface area (Å²) in [4.78, 5) is 0. The summed E-state index contributed by atoms with van der Waals surface area (Å²) in [5.41, 5.74) is 2.31. The van der Waals surface area contributed by atoms with Crippen LogP contribution in [0.4, 0.5) is 5.69 Å². The van der Waals surface area contributed by atoms with Crippen molar-refractivity contribution in [2.75, 3.05) is 5.32 Å². The van der Waals surface area contributed by atoms with Gasteiger partial charge in [-0.25, -0.2) is 0 Å². The normalized spacial score (nSPS) is 10.1. The fourth-order valence-electron chi connectivity index (χ4n) is 1.41. The zero-order valence-corrected chi connectivity index (χ0v) is 10.9. The van der Waals surface area contributed by atoms with E-state index in [0.29, 0.717) is 0 Å². The topological polar surface area (TPSA) is 12.0 Å². The maximum Gasteiger partial charge on any atom is 0.0548 e. The third-order valence-corrected chi connectivity index (χ3v) is 3.47. The molecule has 3 heteroatoms. The van der Waals surface area contributed by atoms with E-state index in [0.717, 1.165) is 21.7 Å². The van der Waals surface area contributed by atoms with Crippen molar-refractivity contribution in [2.24, 2.45) is 0 Å². The van der Waals surface area contributed by atoms with E-state index >= 15 is 0 Å². The van der Waals surface area contributed by atoms with E-state index < -0.39 is 0 Å². The van der Waals surface area contributed by atoms with Gasteiger partial charge in [0.25, 0.3) is 0 Å². The van der Waals surface area contributed by atoms with Gasteiger partial charge in [0.1, 0.15) is 0 Å². The van der Waals surface area contributed by atoms with Crippen LogP contribution >= 0.6 is 27.5 Å². The van der Waals surface area contributed by atoms with Crippen LogP contribution < -0.4 is 5.32 Å². The molecule has 0 radical (unpaired) electrons. The van der Waals surface area contributed by atoms with Crippen LogP contribution in [-0.4, -0.2) is 0 Å². The Kier molecular flexibility index (Phi) is 3.86. The van der Waals surface area contributed by atoms with Crippen molar-refractivity contribution in [1.82, 2.24) is 0 Å². The number of hydrogen-bond acceptors (Lipinski definition) is 1. The number of para-hydroxylation sites is 1. The standard InChI is InChI=1S/C13H11BrClN/c14-12-8-10(6-7-13(12)15)9-16-11-4-2-1-3-5-11/h1-8,16H,9H2. The Labute approximate surface area is 109 Å². The molecule has 0 heterocycles. The minimum absolute atomic E-state index is 0.739. The van der Waals surface area contributed by atoms with Gasteiger partial charge >= 0.3 is 0 Å². The van der Waals surface area contributed by atoms with Crippen LogP contribution in [0.5, 0.6) is 0 Å². The third kappa shape index (κ3) is 3.00. The van der Waals surface area contributed by atoms with Gasteiger partial charge < -0.3 is 5.32 Å². The first-order valence-corrected chi connectivity index (χ1v) is 6.15. The minimum atomic E-state index is 0.739. The summed E-state index contributed by atoms with van der Waals surface area (Å²) in [5, 5.41) is 4.08. The van der Waals surface area contributed by atoms with E-state index in [1.807, 2.05) is 48.5 Å². The highest BCUT2D eigenvalue weighted by Crippen LogP contribution is 2.23. The first-order chi connectivity index (χ1) is 7.75. The number of halogens is 2. The van der Waals surface area contributed by atoms with Gasteiger partial charge in [-0.2, -0.15) is 0 Å². The number of hydrogen-bond donors (Lipinski definition) is 1. The average molecular weight is 297 g/mol. The Morgan fingerprint density at radius 1 is 1.06 bits per heavy atom. The summed E-state index contributed by atoms with van der Waals surface area (Å²) in [6, 6.07) is 16.1. The van der Waals surface area contributed by atoms with Crippen molar-refractivity contribution in [2.45, 2.75) is 6.54 Å². The van der Waals surface area contributed by atoms with Crippen LogP contribution in [-0.2, 0) is 6.54 Å². The van der Waals surface area contributed by atoms with E-state index in [2.05, 4.69) is 21.2 Å². The molecule has 0 aliphatic rings. The lowest BCUT2D eigenvalue weighted by Gasteiger charge is -2.07. The second-order valence-electron chi connectivity index (χ2n) is 3.47. The van der Waals surface area contributed by atoms with Crippen LogP contribution in [0.1, 0.15) is 5.56 Å². The highest BCUT2D eigenvalue weighted by atomic mass is 79.9. The molecule has 0 aromatic heterocycles. The van der Waals surface area contributed by atoms with Gasteiger partial charge in [0.05, 0.1) is 5.02 Å². The molecule has 0 amide bonds. The van der Waals surface area contributed by atoms with Gasteiger partial charge in [0.15, 0.2) is 0 Å². The molecule has 0 saturated carbocycles. The quantitative estimate of drug-likeness (QED) is 0.864. The van der Waals surface area contributed by atoms with Gasteiger partial charge in [-0.1, -0.05) is 35.9 Å². The fraction of sp³-hybridized carbons (Fsp3) is 0.0769. The summed E-state index contributed by atoms with van der Waals surface area (Å²) in [5.74, 6) is 0. The maximum atomic E-state index is 5.93. The summed E-state index contributed by atoms with van der Waals surface area (Å²) < 4.78 is 0.932. The van der Waals surface area contributed by atoms with E-state index in [1.165, 1.54) is 5.56 Å². The van der Waals surface area contributed by atoms with Crippen molar-refractivity contribution in [1.29, 1.82) is 0 Å². The second kappa shape index (κ2) is 5.37. The molecule has 0 spiro atoms. The summed E-state index contributed by atoms with van der Waals surface area (Å²) in [7, 11) is 0. The Balaban J connectivity index is 2.03. The van der Waals surface area contributed by atoms with Crippen molar-refractivity contribution >= 4 is 33.2 Å². The zero-order chi connectivity index (χ0) is 11.4. The first-order valence-electron chi connectivity index (χ1n) is 4.98. The Morgan fingerprint density at radius 3 is 2.50 bits per heavy atom. The van der Waals surface area contributed by atoms with Crippen LogP contribution in [0, 0.1) is 0 Å². The van der Waals surface area contributed by atoms with Gasteiger partial charge in [-0.3, -0.25) is 0 Å².